The Kier molecular flexibility index (Phi) is 3.96. The van der Waals surface area contributed by atoms with E-state index in [1.54, 1.807) is 18.3 Å². The number of aromatic amines is 1. The predicted octanol–water partition coefficient (Wildman–Crippen LogP) is 3.66. The lowest BCUT2D eigenvalue weighted by Crippen LogP contribution is -2.01. The first-order valence-electron chi connectivity index (χ1n) is 7.16. The normalized spacial score (nSPS) is 11.2. The number of H-pyrrole nitrogens is 1. The third-order valence-electron chi connectivity index (χ3n) is 3.67. The number of hydrogen-bond donors (Lipinski definition) is 2. The number of nitrogens with zero attached hydrogens (tertiary/aromatic N) is 1. The predicted molar refractivity (Wildman–Crippen MR) is 89.6 cm³/mol. The maximum Gasteiger partial charge on any atom is 0.335 e. The second-order valence-electron chi connectivity index (χ2n) is 5.17. The minimum atomic E-state index is -1.03. The summed E-state index contributed by atoms with van der Waals surface area (Å²) in [6.45, 7) is 0. The second kappa shape index (κ2) is 6.23. The Bertz CT molecular complexity index is 1010. The fourth-order valence-corrected chi connectivity index (χ4v) is 2.44. The molecule has 5 nitrogen and oxygen atoms in total. The van der Waals surface area contributed by atoms with E-state index >= 15 is 0 Å². The van der Waals surface area contributed by atoms with Crippen LogP contribution in [-0.2, 0) is 0 Å². The molecule has 5 heteroatoms. The lowest BCUT2D eigenvalue weighted by molar-refractivity contribution is 0.0696. The van der Waals surface area contributed by atoms with Crippen molar-refractivity contribution in [1.29, 1.82) is 5.26 Å². The van der Waals surface area contributed by atoms with Gasteiger partial charge >= 0.3 is 5.97 Å². The quantitative estimate of drug-likeness (QED) is 0.436. The molecule has 2 N–H and O–H groups in total. The standard InChI is InChI=1S/C19H12N2O3/c20-10-14(9-12-5-7-13(8-6-12)19(23)24)18(22)16-11-21-17-4-2-1-3-15(16)17/h1-9,11,21H,(H,23,24)/b14-9+. The highest BCUT2D eigenvalue weighted by molar-refractivity contribution is 6.19. The molecule has 0 bridgehead atoms. The summed E-state index contributed by atoms with van der Waals surface area (Å²) >= 11 is 0. The molecule has 24 heavy (non-hydrogen) atoms. The molecule has 3 rings (SSSR count). The number of benzene rings is 2. The number of Topliss-reactive ketones (excluding diaryl/α,β-unsaturated/α-hetero) is 1. The average molecular weight is 316 g/mol. The summed E-state index contributed by atoms with van der Waals surface area (Å²) < 4.78 is 0. The number of aromatic nitrogens is 1. The van der Waals surface area contributed by atoms with Gasteiger partial charge in [-0.05, 0) is 29.8 Å². The van der Waals surface area contributed by atoms with Gasteiger partial charge in [0.05, 0.1) is 5.56 Å². The number of carbonyl (C=O) groups is 2. The van der Waals surface area contributed by atoms with Gasteiger partial charge in [-0.15, -0.1) is 0 Å². The average Bonchev–Trinajstić information content (AvgIpc) is 3.03. The van der Waals surface area contributed by atoms with Crippen molar-refractivity contribution in [2.24, 2.45) is 0 Å². The zero-order chi connectivity index (χ0) is 17.1. The number of fused-ring (bicyclic) bond motifs is 1. The van der Waals surface area contributed by atoms with Crippen molar-refractivity contribution in [2.75, 3.05) is 0 Å². The molecule has 0 unspecified atom stereocenters. The van der Waals surface area contributed by atoms with Crippen LogP contribution in [0.1, 0.15) is 26.3 Å². The van der Waals surface area contributed by atoms with E-state index in [-0.39, 0.29) is 16.9 Å². The van der Waals surface area contributed by atoms with E-state index < -0.39 is 5.97 Å². The molecule has 2 aromatic carbocycles. The summed E-state index contributed by atoms with van der Waals surface area (Å²) in [7, 11) is 0. The van der Waals surface area contributed by atoms with Crippen molar-refractivity contribution in [3.63, 3.8) is 0 Å². The van der Waals surface area contributed by atoms with Crippen LogP contribution in [-0.4, -0.2) is 21.8 Å². The van der Waals surface area contributed by atoms with Gasteiger partial charge in [-0.1, -0.05) is 30.3 Å². The van der Waals surface area contributed by atoms with Crippen molar-refractivity contribution < 1.29 is 14.7 Å². The number of allylic oxidation sites excluding steroid dienone is 1. The molecule has 0 aliphatic heterocycles. The maximum absolute atomic E-state index is 12.6. The van der Waals surface area contributed by atoms with Gasteiger partial charge < -0.3 is 10.1 Å². The van der Waals surface area contributed by atoms with E-state index in [1.165, 1.54) is 18.2 Å². The number of rotatable bonds is 4. The zero-order valence-corrected chi connectivity index (χ0v) is 12.5. The number of carboxylic acids is 1. The second-order valence-corrected chi connectivity index (χ2v) is 5.17. The number of carbonyl (C=O) groups excluding carboxylic acids is 1. The molecule has 0 amide bonds. The molecule has 0 saturated carbocycles. The number of nitrogens with one attached hydrogen (secondary N) is 1. The van der Waals surface area contributed by atoms with Crippen LogP contribution in [0, 0.1) is 11.3 Å². The molecular weight excluding hydrogens is 304 g/mol. The first-order chi connectivity index (χ1) is 11.6. The van der Waals surface area contributed by atoms with Crippen LogP contribution in [0.25, 0.3) is 17.0 Å². The molecule has 0 atom stereocenters. The van der Waals surface area contributed by atoms with Gasteiger partial charge in [0.1, 0.15) is 11.6 Å². The Balaban J connectivity index is 1.97. The lowest BCUT2D eigenvalue weighted by atomic mass is 10.0. The highest BCUT2D eigenvalue weighted by Gasteiger charge is 2.16. The molecule has 3 aromatic rings. The first kappa shape index (κ1) is 15.3. The summed E-state index contributed by atoms with van der Waals surface area (Å²) in [5.41, 5.74) is 1.98. The lowest BCUT2D eigenvalue weighted by Gasteiger charge is -2.00. The van der Waals surface area contributed by atoms with Crippen LogP contribution >= 0.6 is 0 Å². The largest absolute Gasteiger partial charge is 0.478 e. The van der Waals surface area contributed by atoms with Gasteiger partial charge in [-0.2, -0.15) is 5.26 Å². The number of para-hydroxylation sites is 1. The molecular formula is C19H12N2O3. The zero-order valence-electron chi connectivity index (χ0n) is 12.5. The van der Waals surface area contributed by atoms with Crippen LogP contribution in [0.4, 0.5) is 0 Å². The van der Waals surface area contributed by atoms with E-state index in [4.69, 9.17) is 5.11 Å². The number of ketones is 1. The van der Waals surface area contributed by atoms with E-state index in [0.717, 1.165) is 10.9 Å². The number of hydrogen-bond acceptors (Lipinski definition) is 3. The minimum absolute atomic E-state index is 0.0113. The Morgan fingerprint density at radius 3 is 2.46 bits per heavy atom. The topological polar surface area (TPSA) is 93.9 Å². The molecule has 1 heterocycles. The van der Waals surface area contributed by atoms with E-state index in [2.05, 4.69) is 4.98 Å². The molecule has 0 aliphatic carbocycles. The van der Waals surface area contributed by atoms with Gasteiger partial charge in [-0.25, -0.2) is 4.79 Å². The summed E-state index contributed by atoms with van der Waals surface area (Å²) in [4.78, 5) is 26.5. The maximum atomic E-state index is 12.6. The highest BCUT2D eigenvalue weighted by Crippen LogP contribution is 2.21. The molecule has 0 fully saturated rings. The fourth-order valence-electron chi connectivity index (χ4n) is 2.44. The van der Waals surface area contributed by atoms with Crippen molar-refractivity contribution in [1.82, 2.24) is 4.98 Å². The van der Waals surface area contributed by atoms with E-state index in [0.29, 0.717) is 11.1 Å². The Morgan fingerprint density at radius 2 is 1.79 bits per heavy atom. The van der Waals surface area contributed by atoms with E-state index in [9.17, 15) is 14.9 Å². The van der Waals surface area contributed by atoms with Crippen LogP contribution in [0.2, 0.25) is 0 Å². The number of nitriles is 1. The fraction of sp³-hybridized carbons (Fsp3) is 0. The Morgan fingerprint density at radius 1 is 1.08 bits per heavy atom. The first-order valence-corrected chi connectivity index (χ1v) is 7.16. The monoisotopic (exact) mass is 316 g/mol. The van der Waals surface area contributed by atoms with Gasteiger partial charge in [0, 0.05) is 22.7 Å². The van der Waals surface area contributed by atoms with Crippen LogP contribution in [0.15, 0.2) is 60.3 Å². The molecule has 0 spiro atoms. The summed E-state index contributed by atoms with van der Waals surface area (Å²) in [5.74, 6) is -1.40. The van der Waals surface area contributed by atoms with Crippen LogP contribution < -0.4 is 0 Å². The molecule has 0 radical (unpaired) electrons. The van der Waals surface area contributed by atoms with Gasteiger partial charge in [-0.3, -0.25) is 4.79 Å². The van der Waals surface area contributed by atoms with Crippen LogP contribution in [0.3, 0.4) is 0 Å². The van der Waals surface area contributed by atoms with Crippen molar-refractivity contribution >= 4 is 28.7 Å². The summed E-state index contributed by atoms with van der Waals surface area (Å²) in [6, 6.07) is 15.3. The Hall–Kier alpha value is -3.65. The summed E-state index contributed by atoms with van der Waals surface area (Å²) in [6.07, 6.45) is 3.04. The highest BCUT2D eigenvalue weighted by atomic mass is 16.4. The summed E-state index contributed by atoms with van der Waals surface area (Å²) in [5, 5.41) is 19.0. The van der Waals surface area contributed by atoms with Crippen molar-refractivity contribution in [3.8, 4) is 6.07 Å². The third-order valence-corrected chi connectivity index (χ3v) is 3.67. The van der Waals surface area contributed by atoms with Crippen molar-refractivity contribution in [2.45, 2.75) is 0 Å². The van der Waals surface area contributed by atoms with Crippen molar-refractivity contribution in [3.05, 3.63) is 77.0 Å². The molecule has 1 aromatic heterocycles. The molecule has 0 aliphatic rings. The number of carboxylic acid groups (broad SMARTS) is 1. The number of aromatic carboxylic acids is 1. The smallest absolute Gasteiger partial charge is 0.335 e. The van der Waals surface area contributed by atoms with Gasteiger partial charge in [0.15, 0.2) is 0 Å². The molecule has 116 valence electrons. The van der Waals surface area contributed by atoms with Gasteiger partial charge in [0.2, 0.25) is 5.78 Å². The Labute approximate surface area is 137 Å². The van der Waals surface area contributed by atoms with Gasteiger partial charge in [0.25, 0.3) is 0 Å². The third kappa shape index (κ3) is 2.81. The SMILES string of the molecule is N#C/C(=C\c1ccc(C(=O)O)cc1)C(=O)c1c[nH]c2ccccc12. The minimum Gasteiger partial charge on any atom is -0.478 e. The van der Waals surface area contributed by atoms with Crippen LogP contribution in [0.5, 0.6) is 0 Å². The van der Waals surface area contributed by atoms with E-state index in [1.807, 2.05) is 30.3 Å². The molecule has 0 saturated heterocycles.